The highest BCUT2D eigenvalue weighted by Crippen LogP contribution is 2.30. The van der Waals surface area contributed by atoms with Crippen molar-refractivity contribution in [1.82, 2.24) is 9.78 Å². The van der Waals surface area contributed by atoms with E-state index in [4.69, 9.17) is 16.7 Å². The van der Waals surface area contributed by atoms with E-state index in [1.807, 2.05) is 26.0 Å². The van der Waals surface area contributed by atoms with Gasteiger partial charge in [-0.15, -0.1) is 0 Å². The van der Waals surface area contributed by atoms with Crippen LogP contribution in [0.5, 0.6) is 0 Å². The number of hydrogen-bond donors (Lipinski definition) is 1. The molecule has 18 heavy (non-hydrogen) atoms. The van der Waals surface area contributed by atoms with Crippen molar-refractivity contribution in [1.29, 1.82) is 0 Å². The minimum Gasteiger partial charge on any atom is -0.476 e. The molecule has 0 atom stereocenters. The van der Waals surface area contributed by atoms with Crippen LogP contribution < -0.4 is 0 Å². The molecule has 0 saturated heterocycles. The molecule has 1 aromatic carbocycles. The molecule has 1 N–H and O–H groups in total. The van der Waals surface area contributed by atoms with Crippen LogP contribution in [0, 0.1) is 13.8 Å². The van der Waals surface area contributed by atoms with Gasteiger partial charge in [0.15, 0.2) is 5.69 Å². The first-order valence-electron chi connectivity index (χ1n) is 5.44. The van der Waals surface area contributed by atoms with Gasteiger partial charge in [0.2, 0.25) is 0 Å². The van der Waals surface area contributed by atoms with E-state index in [1.54, 1.807) is 17.8 Å². The van der Waals surface area contributed by atoms with Gasteiger partial charge in [-0.3, -0.25) is 4.68 Å². The summed E-state index contributed by atoms with van der Waals surface area (Å²) in [6, 6.07) is 5.42. The van der Waals surface area contributed by atoms with E-state index < -0.39 is 5.97 Å². The van der Waals surface area contributed by atoms with Crippen LogP contribution in [-0.4, -0.2) is 20.9 Å². The Morgan fingerprint density at radius 2 is 2.00 bits per heavy atom. The van der Waals surface area contributed by atoms with E-state index in [0.717, 1.165) is 22.4 Å². The van der Waals surface area contributed by atoms with Gasteiger partial charge in [0.1, 0.15) is 0 Å². The van der Waals surface area contributed by atoms with E-state index in [0.29, 0.717) is 5.02 Å². The minimum absolute atomic E-state index is 0.0320. The summed E-state index contributed by atoms with van der Waals surface area (Å²) >= 11 is 6.14. The second-order valence-electron chi connectivity index (χ2n) is 4.26. The third kappa shape index (κ3) is 2.11. The fraction of sp³-hybridized carbons (Fsp3) is 0.231. The molecule has 0 bridgehead atoms. The van der Waals surface area contributed by atoms with E-state index in [9.17, 15) is 4.79 Å². The van der Waals surface area contributed by atoms with E-state index in [-0.39, 0.29) is 5.69 Å². The van der Waals surface area contributed by atoms with Crippen molar-refractivity contribution in [3.05, 3.63) is 40.0 Å². The number of aromatic nitrogens is 2. The Balaban J connectivity index is 2.65. The zero-order valence-electron chi connectivity index (χ0n) is 10.4. The third-order valence-electron chi connectivity index (χ3n) is 2.86. The second-order valence-corrected chi connectivity index (χ2v) is 4.67. The van der Waals surface area contributed by atoms with Crippen LogP contribution in [0.2, 0.25) is 5.02 Å². The number of hydrogen-bond acceptors (Lipinski definition) is 2. The molecule has 0 spiro atoms. The highest BCUT2D eigenvalue weighted by molar-refractivity contribution is 6.31. The summed E-state index contributed by atoms with van der Waals surface area (Å²) in [5.74, 6) is -1.03. The summed E-state index contributed by atoms with van der Waals surface area (Å²) < 4.78 is 1.56. The SMILES string of the molecule is Cc1cc(Cl)c(C)c(-c2cc(C(=O)O)nn2C)c1. The molecule has 94 valence electrons. The van der Waals surface area contributed by atoms with Crippen molar-refractivity contribution in [2.45, 2.75) is 13.8 Å². The summed E-state index contributed by atoms with van der Waals surface area (Å²) in [6.07, 6.45) is 0. The number of aromatic carboxylic acids is 1. The van der Waals surface area contributed by atoms with Crippen LogP contribution in [-0.2, 0) is 7.05 Å². The van der Waals surface area contributed by atoms with Crippen LogP contribution in [0.4, 0.5) is 0 Å². The molecule has 0 unspecified atom stereocenters. The smallest absolute Gasteiger partial charge is 0.356 e. The number of carboxylic acids is 1. The van der Waals surface area contributed by atoms with Crippen LogP contribution >= 0.6 is 11.6 Å². The maximum absolute atomic E-state index is 10.9. The molecule has 1 heterocycles. The molecular formula is C13H13ClN2O2. The molecule has 2 aromatic rings. The van der Waals surface area contributed by atoms with Gasteiger partial charge in [0, 0.05) is 17.6 Å². The van der Waals surface area contributed by atoms with E-state index >= 15 is 0 Å². The maximum atomic E-state index is 10.9. The van der Waals surface area contributed by atoms with Crippen molar-refractivity contribution >= 4 is 17.6 Å². The average molecular weight is 265 g/mol. The Bertz CT molecular complexity index is 632. The van der Waals surface area contributed by atoms with Crippen molar-refractivity contribution < 1.29 is 9.90 Å². The first-order valence-corrected chi connectivity index (χ1v) is 5.82. The lowest BCUT2D eigenvalue weighted by Gasteiger charge is -2.09. The minimum atomic E-state index is -1.03. The van der Waals surface area contributed by atoms with Gasteiger partial charge in [-0.25, -0.2) is 4.79 Å². The maximum Gasteiger partial charge on any atom is 0.356 e. The van der Waals surface area contributed by atoms with Gasteiger partial charge >= 0.3 is 5.97 Å². The quantitative estimate of drug-likeness (QED) is 0.907. The van der Waals surface area contributed by atoms with Crippen molar-refractivity contribution in [3.63, 3.8) is 0 Å². The van der Waals surface area contributed by atoms with Gasteiger partial charge in [-0.05, 0) is 43.2 Å². The second kappa shape index (κ2) is 4.46. The molecule has 2 rings (SSSR count). The molecular weight excluding hydrogens is 252 g/mol. The first-order chi connectivity index (χ1) is 8.40. The summed E-state index contributed by atoms with van der Waals surface area (Å²) in [7, 11) is 1.72. The predicted molar refractivity (Wildman–Crippen MR) is 70.1 cm³/mol. The summed E-state index contributed by atoms with van der Waals surface area (Å²) in [5.41, 5.74) is 3.63. The number of aryl methyl sites for hydroxylation is 2. The van der Waals surface area contributed by atoms with Crippen LogP contribution in [0.3, 0.4) is 0 Å². The fourth-order valence-corrected chi connectivity index (χ4v) is 2.18. The lowest BCUT2D eigenvalue weighted by molar-refractivity contribution is 0.0689. The van der Waals surface area contributed by atoms with Crippen molar-refractivity contribution in [3.8, 4) is 11.3 Å². The molecule has 0 aliphatic heterocycles. The largest absolute Gasteiger partial charge is 0.476 e. The molecule has 5 heteroatoms. The first kappa shape index (κ1) is 12.6. The summed E-state index contributed by atoms with van der Waals surface area (Å²) in [6.45, 7) is 3.86. The molecule has 0 fully saturated rings. The molecule has 0 aliphatic rings. The Hall–Kier alpha value is -1.81. The third-order valence-corrected chi connectivity index (χ3v) is 3.26. The topological polar surface area (TPSA) is 55.1 Å². The lowest BCUT2D eigenvalue weighted by Crippen LogP contribution is -1.99. The van der Waals surface area contributed by atoms with Crippen LogP contribution in [0.15, 0.2) is 18.2 Å². The summed E-state index contributed by atoms with van der Waals surface area (Å²) in [5, 5.41) is 13.6. The molecule has 0 saturated carbocycles. The molecule has 0 aliphatic carbocycles. The van der Waals surface area contributed by atoms with Gasteiger partial charge < -0.3 is 5.11 Å². The Labute approximate surface area is 110 Å². The number of carboxylic acid groups (broad SMARTS) is 1. The Morgan fingerprint density at radius 3 is 2.56 bits per heavy atom. The van der Waals surface area contributed by atoms with E-state index in [1.165, 1.54) is 0 Å². The lowest BCUT2D eigenvalue weighted by atomic mass is 10.0. The highest BCUT2D eigenvalue weighted by atomic mass is 35.5. The van der Waals surface area contributed by atoms with Gasteiger partial charge in [0.05, 0.1) is 5.69 Å². The molecule has 1 aromatic heterocycles. The number of rotatable bonds is 2. The highest BCUT2D eigenvalue weighted by Gasteiger charge is 2.15. The standard InChI is InChI=1S/C13H13ClN2O2/c1-7-4-9(8(2)10(14)5-7)12-6-11(13(17)18)15-16(12)3/h4-6H,1-3H3,(H,17,18). The van der Waals surface area contributed by atoms with Gasteiger partial charge in [0.25, 0.3) is 0 Å². The number of halogens is 1. The average Bonchev–Trinajstić information content (AvgIpc) is 2.66. The van der Waals surface area contributed by atoms with Crippen molar-refractivity contribution in [2.24, 2.45) is 7.05 Å². The van der Waals surface area contributed by atoms with Gasteiger partial charge in [-0.1, -0.05) is 11.6 Å². The van der Waals surface area contributed by atoms with Crippen LogP contribution in [0.1, 0.15) is 21.6 Å². The van der Waals surface area contributed by atoms with Crippen molar-refractivity contribution in [2.75, 3.05) is 0 Å². The number of carbonyl (C=O) groups is 1. The van der Waals surface area contributed by atoms with E-state index in [2.05, 4.69) is 5.10 Å². The zero-order valence-corrected chi connectivity index (χ0v) is 11.1. The summed E-state index contributed by atoms with van der Waals surface area (Å²) in [4.78, 5) is 10.9. The monoisotopic (exact) mass is 264 g/mol. The zero-order chi connectivity index (χ0) is 13.4. The predicted octanol–water partition coefficient (Wildman–Crippen LogP) is 3.06. The molecule has 4 nitrogen and oxygen atoms in total. The fourth-order valence-electron chi connectivity index (χ4n) is 1.90. The number of nitrogens with zero attached hydrogens (tertiary/aromatic N) is 2. The normalized spacial score (nSPS) is 10.7. The van der Waals surface area contributed by atoms with Crippen LogP contribution in [0.25, 0.3) is 11.3 Å². The molecule has 0 amide bonds. The molecule has 0 radical (unpaired) electrons. The Morgan fingerprint density at radius 1 is 1.33 bits per heavy atom. The number of benzene rings is 1. The Kier molecular flexibility index (Phi) is 3.13. The van der Waals surface area contributed by atoms with Gasteiger partial charge in [-0.2, -0.15) is 5.10 Å².